The van der Waals surface area contributed by atoms with E-state index in [1.54, 1.807) is 0 Å². The van der Waals surface area contributed by atoms with E-state index in [0.29, 0.717) is 5.92 Å². The quantitative estimate of drug-likeness (QED) is 0.739. The Kier molecular flexibility index (Phi) is 3.41. The highest BCUT2D eigenvalue weighted by Crippen LogP contribution is 2.33. The number of hydrogen-bond acceptors (Lipinski definition) is 1. The molecule has 0 saturated heterocycles. The number of halogens is 1. The molecule has 0 radical (unpaired) electrons. The minimum atomic E-state index is -0.173. The van der Waals surface area contributed by atoms with Gasteiger partial charge in [-0.2, -0.15) is 0 Å². The van der Waals surface area contributed by atoms with E-state index in [1.807, 2.05) is 24.4 Å². The van der Waals surface area contributed by atoms with Crippen molar-refractivity contribution in [1.82, 2.24) is 0 Å². The van der Waals surface area contributed by atoms with E-state index in [9.17, 15) is 4.39 Å². The molecule has 90 valence electrons. The summed E-state index contributed by atoms with van der Waals surface area (Å²) >= 11 is 0. The normalized spacial score (nSPS) is 24.2. The number of benzene rings is 1. The van der Waals surface area contributed by atoms with E-state index in [2.05, 4.69) is 24.9 Å². The van der Waals surface area contributed by atoms with Crippen LogP contribution in [-0.4, -0.2) is 11.8 Å². The van der Waals surface area contributed by atoms with Crippen LogP contribution >= 0.6 is 0 Å². The van der Waals surface area contributed by atoms with Crippen molar-refractivity contribution in [2.75, 3.05) is 0 Å². The molecular formula is C15H18FN. The molecule has 1 heterocycles. The Balaban J connectivity index is 2.14. The molecule has 0 spiro atoms. The van der Waals surface area contributed by atoms with E-state index >= 15 is 0 Å². The van der Waals surface area contributed by atoms with Gasteiger partial charge in [-0.3, -0.25) is 4.99 Å². The van der Waals surface area contributed by atoms with E-state index in [4.69, 9.17) is 0 Å². The summed E-state index contributed by atoms with van der Waals surface area (Å²) in [7, 11) is 0. The fraction of sp³-hybridized carbons (Fsp3) is 0.400. The topological polar surface area (TPSA) is 12.4 Å². The van der Waals surface area contributed by atoms with Gasteiger partial charge in [-0.05, 0) is 49.5 Å². The van der Waals surface area contributed by atoms with Crippen molar-refractivity contribution in [1.29, 1.82) is 0 Å². The number of aliphatic imine (C=N–C) groups is 1. The molecule has 0 aromatic heterocycles. The average Bonchev–Trinajstić information content (AvgIpc) is 2.75. The van der Waals surface area contributed by atoms with Gasteiger partial charge in [-0.1, -0.05) is 25.1 Å². The first-order valence-corrected chi connectivity index (χ1v) is 6.11. The number of nitrogens with zero attached hydrogens (tertiary/aromatic N) is 1. The van der Waals surface area contributed by atoms with Crippen LogP contribution in [0.5, 0.6) is 0 Å². The standard InChI is InChI=1S/C15H18FN/c1-3-12(11-15(2)9-4-10-17-15)13-5-7-14(16)8-6-13/h4-10,12H,3,11H2,1-2H3. The van der Waals surface area contributed by atoms with Crippen LogP contribution in [0.25, 0.3) is 0 Å². The maximum Gasteiger partial charge on any atom is 0.123 e. The Bertz CT molecular complexity index is 419. The molecule has 2 atom stereocenters. The highest BCUT2D eigenvalue weighted by Gasteiger charge is 2.26. The van der Waals surface area contributed by atoms with Crippen molar-refractivity contribution >= 4 is 6.21 Å². The molecule has 2 heteroatoms. The summed E-state index contributed by atoms with van der Waals surface area (Å²) in [6, 6.07) is 6.84. The molecule has 0 N–H and O–H groups in total. The van der Waals surface area contributed by atoms with E-state index in [1.165, 1.54) is 17.7 Å². The minimum Gasteiger partial charge on any atom is -0.283 e. The van der Waals surface area contributed by atoms with Gasteiger partial charge in [0.05, 0.1) is 5.54 Å². The first-order chi connectivity index (χ1) is 8.13. The molecule has 2 rings (SSSR count). The average molecular weight is 231 g/mol. The SMILES string of the molecule is CCC(CC1(C)C=CC=N1)c1ccc(F)cc1. The molecule has 1 nitrogen and oxygen atoms in total. The predicted octanol–water partition coefficient (Wildman–Crippen LogP) is 4.11. The molecule has 0 amide bonds. The second-order valence-electron chi connectivity index (χ2n) is 4.86. The van der Waals surface area contributed by atoms with Crippen LogP contribution in [0.15, 0.2) is 41.4 Å². The Morgan fingerprint density at radius 2 is 2.00 bits per heavy atom. The lowest BCUT2D eigenvalue weighted by molar-refractivity contribution is 0.465. The van der Waals surface area contributed by atoms with E-state index in [0.717, 1.165) is 12.8 Å². The summed E-state index contributed by atoms with van der Waals surface area (Å²) in [5.74, 6) is 0.258. The van der Waals surface area contributed by atoms with Gasteiger partial charge >= 0.3 is 0 Å². The second-order valence-corrected chi connectivity index (χ2v) is 4.86. The largest absolute Gasteiger partial charge is 0.283 e. The Labute approximate surface area is 102 Å². The molecule has 17 heavy (non-hydrogen) atoms. The fourth-order valence-corrected chi connectivity index (χ4v) is 2.36. The van der Waals surface area contributed by atoms with Crippen molar-refractivity contribution < 1.29 is 4.39 Å². The highest BCUT2D eigenvalue weighted by atomic mass is 19.1. The molecule has 1 aromatic rings. The third-order valence-electron chi connectivity index (χ3n) is 3.40. The van der Waals surface area contributed by atoms with Gasteiger partial charge in [0.2, 0.25) is 0 Å². The Morgan fingerprint density at radius 1 is 1.29 bits per heavy atom. The summed E-state index contributed by atoms with van der Waals surface area (Å²) in [6.07, 6.45) is 8.01. The van der Waals surface area contributed by atoms with Crippen LogP contribution in [0.4, 0.5) is 4.39 Å². The smallest absolute Gasteiger partial charge is 0.123 e. The summed E-state index contributed by atoms with van der Waals surface area (Å²) in [5, 5.41) is 0. The van der Waals surface area contributed by atoms with Crippen LogP contribution in [0.1, 0.15) is 38.2 Å². The van der Waals surface area contributed by atoms with Gasteiger partial charge in [0.1, 0.15) is 5.82 Å². The van der Waals surface area contributed by atoms with Gasteiger partial charge in [0, 0.05) is 6.21 Å². The molecular weight excluding hydrogens is 213 g/mol. The zero-order valence-corrected chi connectivity index (χ0v) is 10.4. The zero-order chi connectivity index (χ0) is 12.3. The number of hydrogen-bond donors (Lipinski definition) is 0. The first kappa shape index (κ1) is 12.0. The van der Waals surface area contributed by atoms with Crippen LogP contribution in [0, 0.1) is 5.82 Å². The predicted molar refractivity (Wildman–Crippen MR) is 70.1 cm³/mol. The number of rotatable bonds is 4. The zero-order valence-electron chi connectivity index (χ0n) is 10.4. The third kappa shape index (κ3) is 2.82. The summed E-state index contributed by atoms with van der Waals surface area (Å²) in [4.78, 5) is 4.49. The van der Waals surface area contributed by atoms with Crippen molar-refractivity contribution in [3.63, 3.8) is 0 Å². The summed E-state index contributed by atoms with van der Waals surface area (Å²) in [5.41, 5.74) is 1.11. The van der Waals surface area contributed by atoms with Crippen LogP contribution < -0.4 is 0 Å². The Hall–Kier alpha value is -1.44. The van der Waals surface area contributed by atoms with Gasteiger partial charge in [-0.25, -0.2) is 4.39 Å². The number of allylic oxidation sites excluding steroid dienone is 1. The molecule has 2 unspecified atom stereocenters. The third-order valence-corrected chi connectivity index (χ3v) is 3.40. The first-order valence-electron chi connectivity index (χ1n) is 6.11. The monoisotopic (exact) mass is 231 g/mol. The van der Waals surface area contributed by atoms with Gasteiger partial charge < -0.3 is 0 Å². The van der Waals surface area contributed by atoms with Crippen molar-refractivity contribution in [3.05, 3.63) is 47.8 Å². The fourth-order valence-electron chi connectivity index (χ4n) is 2.36. The molecule has 1 aromatic carbocycles. The molecule has 1 aliphatic rings. The van der Waals surface area contributed by atoms with Crippen LogP contribution in [-0.2, 0) is 0 Å². The lowest BCUT2D eigenvalue weighted by Gasteiger charge is -2.25. The lowest BCUT2D eigenvalue weighted by Crippen LogP contribution is -2.20. The van der Waals surface area contributed by atoms with Crippen molar-refractivity contribution in [2.24, 2.45) is 4.99 Å². The second kappa shape index (κ2) is 4.82. The van der Waals surface area contributed by atoms with Gasteiger partial charge in [0.15, 0.2) is 0 Å². The highest BCUT2D eigenvalue weighted by molar-refractivity contribution is 5.75. The van der Waals surface area contributed by atoms with Crippen LogP contribution in [0.2, 0.25) is 0 Å². The molecule has 0 saturated carbocycles. The maximum absolute atomic E-state index is 12.9. The van der Waals surface area contributed by atoms with Crippen molar-refractivity contribution in [3.8, 4) is 0 Å². The maximum atomic E-state index is 12.9. The van der Waals surface area contributed by atoms with E-state index < -0.39 is 0 Å². The molecule has 0 fully saturated rings. The summed E-state index contributed by atoms with van der Waals surface area (Å²) < 4.78 is 12.9. The Morgan fingerprint density at radius 3 is 2.53 bits per heavy atom. The van der Waals surface area contributed by atoms with Crippen molar-refractivity contribution in [2.45, 2.75) is 38.1 Å². The lowest BCUT2D eigenvalue weighted by atomic mass is 9.84. The van der Waals surface area contributed by atoms with Gasteiger partial charge in [0.25, 0.3) is 0 Å². The van der Waals surface area contributed by atoms with Crippen LogP contribution in [0.3, 0.4) is 0 Å². The minimum absolute atomic E-state index is 0.0882. The summed E-state index contributed by atoms with van der Waals surface area (Å²) in [6.45, 7) is 4.30. The van der Waals surface area contributed by atoms with E-state index in [-0.39, 0.29) is 11.4 Å². The van der Waals surface area contributed by atoms with Gasteiger partial charge in [-0.15, -0.1) is 0 Å². The molecule has 0 bridgehead atoms. The molecule has 0 aliphatic carbocycles. The molecule has 1 aliphatic heterocycles.